The number of aryl methyl sites for hydroxylation is 1. The van der Waals surface area contributed by atoms with E-state index in [0.29, 0.717) is 18.1 Å². The number of hydrogen-bond donors (Lipinski definition) is 1. The van der Waals surface area contributed by atoms with Crippen molar-refractivity contribution in [2.75, 3.05) is 16.8 Å². The lowest BCUT2D eigenvalue weighted by Gasteiger charge is -2.30. The molecular formula is C21H21FN4. The van der Waals surface area contributed by atoms with Crippen molar-refractivity contribution < 1.29 is 4.39 Å². The van der Waals surface area contributed by atoms with Crippen LogP contribution < -0.4 is 10.2 Å². The molecule has 0 saturated carbocycles. The smallest absolute Gasteiger partial charge is 0.225 e. The molecule has 1 aliphatic rings. The molecule has 1 aliphatic heterocycles. The highest BCUT2D eigenvalue weighted by molar-refractivity contribution is 5.48. The first-order valence-electron chi connectivity index (χ1n) is 8.84. The van der Waals surface area contributed by atoms with E-state index in [9.17, 15) is 4.39 Å². The molecule has 0 spiro atoms. The van der Waals surface area contributed by atoms with Crippen LogP contribution in [0.5, 0.6) is 0 Å². The molecule has 5 heteroatoms. The summed E-state index contributed by atoms with van der Waals surface area (Å²) >= 11 is 0. The predicted molar refractivity (Wildman–Crippen MR) is 102 cm³/mol. The molecule has 2 aromatic carbocycles. The maximum atomic E-state index is 13.8. The lowest BCUT2D eigenvalue weighted by molar-refractivity contribution is 0.612. The third-order valence-electron chi connectivity index (χ3n) is 4.69. The maximum absolute atomic E-state index is 13.8. The fourth-order valence-corrected chi connectivity index (χ4v) is 3.30. The Balaban J connectivity index is 1.52. The van der Waals surface area contributed by atoms with Crippen molar-refractivity contribution in [1.29, 1.82) is 0 Å². The summed E-state index contributed by atoms with van der Waals surface area (Å²) in [4.78, 5) is 11.4. The first-order chi connectivity index (χ1) is 12.7. The Morgan fingerprint density at radius 3 is 2.65 bits per heavy atom. The van der Waals surface area contributed by atoms with Gasteiger partial charge in [0.2, 0.25) is 5.95 Å². The Labute approximate surface area is 152 Å². The SMILES string of the molecule is Cc1cc(N2CCc3ccccc3C2)nc(NCc2ccccc2F)n1. The lowest BCUT2D eigenvalue weighted by atomic mass is 10.00. The maximum Gasteiger partial charge on any atom is 0.225 e. The van der Waals surface area contributed by atoms with Crippen molar-refractivity contribution in [3.8, 4) is 0 Å². The summed E-state index contributed by atoms with van der Waals surface area (Å²) < 4.78 is 13.8. The fourth-order valence-electron chi connectivity index (χ4n) is 3.30. The van der Waals surface area contributed by atoms with Gasteiger partial charge in [0, 0.05) is 37.0 Å². The van der Waals surface area contributed by atoms with Crippen LogP contribution in [0.1, 0.15) is 22.4 Å². The van der Waals surface area contributed by atoms with Crippen LogP contribution in [-0.4, -0.2) is 16.5 Å². The Morgan fingerprint density at radius 1 is 1.04 bits per heavy atom. The molecule has 2 heterocycles. The van der Waals surface area contributed by atoms with Gasteiger partial charge in [-0.25, -0.2) is 9.37 Å². The van der Waals surface area contributed by atoms with Crippen molar-refractivity contribution in [1.82, 2.24) is 9.97 Å². The fraction of sp³-hybridized carbons (Fsp3) is 0.238. The summed E-state index contributed by atoms with van der Waals surface area (Å²) in [5.41, 5.74) is 4.25. The lowest BCUT2D eigenvalue weighted by Crippen LogP contribution is -2.31. The van der Waals surface area contributed by atoms with Gasteiger partial charge < -0.3 is 10.2 Å². The Morgan fingerprint density at radius 2 is 1.81 bits per heavy atom. The van der Waals surface area contributed by atoms with Crippen LogP contribution in [0.2, 0.25) is 0 Å². The number of benzene rings is 2. The normalized spacial score (nSPS) is 13.4. The van der Waals surface area contributed by atoms with E-state index >= 15 is 0 Å². The van der Waals surface area contributed by atoms with E-state index < -0.39 is 0 Å². The number of nitrogens with zero attached hydrogens (tertiary/aromatic N) is 3. The molecule has 0 atom stereocenters. The minimum absolute atomic E-state index is 0.222. The number of anilines is 2. The summed E-state index contributed by atoms with van der Waals surface area (Å²) in [6, 6.07) is 17.3. The summed E-state index contributed by atoms with van der Waals surface area (Å²) in [5.74, 6) is 1.21. The largest absolute Gasteiger partial charge is 0.352 e. The van der Waals surface area contributed by atoms with Gasteiger partial charge in [-0.05, 0) is 30.5 Å². The van der Waals surface area contributed by atoms with Crippen LogP contribution in [0.4, 0.5) is 16.2 Å². The average Bonchev–Trinajstić information content (AvgIpc) is 2.66. The van der Waals surface area contributed by atoms with Crippen molar-refractivity contribution in [2.24, 2.45) is 0 Å². The monoisotopic (exact) mass is 348 g/mol. The molecule has 4 nitrogen and oxygen atoms in total. The van der Waals surface area contributed by atoms with Gasteiger partial charge in [-0.1, -0.05) is 42.5 Å². The van der Waals surface area contributed by atoms with Crippen molar-refractivity contribution in [3.63, 3.8) is 0 Å². The van der Waals surface area contributed by atoms with Crippen LogP contribution >= 0.6 is 0 Å². The van der Waals surface area contributed by atoms with Crippen LogP contribution in [0.25, 0.3) is 0 Å². The Kier molecular flexibility index (Phi) is 4.52. The van der Waals surface area contributed by atoms with Gasteiger partial charge in [0.1, 0.15) is 11.6 Å². The molecule has 3 aromatic rings. The molecule has 0 fully saturated rings. The third-order valence-corrected chi connectivity index (χ3v) is 4.69. The zero-order chi connectivity index (χ0) is 17.9. The second-order valence-electron chi connectivity index (χ2n) is 6.58. The molecule has 1 N–H and O–H groups in total. The van der Waals surface area contributed by atoms with Crippen LogP contribution in [-0.2, 0) is 19.5 Å². The van der Waals surface area contributed by atoms with Gasteiger partial charge in [0.15, 0.2) is 0 Å². The van der Waals surface area contributed by atoms with E-state index in [-0.39, 0.29) is 5.82 Å². The first-order valence-corrected chi connectivity index (χ1v) is 8.84. The number of aromatic nitrogens is 2. The summed E-state index contributed by atoms with van der Waals surface area (Å²) in [6.07, 6.45) is 1.01. The second-order valence-corrected chi connectivity index (χ2v) is 6.58. The van der Waals surface area contributed by atoms with Crippen molar-refractivity contribution in [3.05, 3.63) is 82.8 Å². The highest BCUT2D eigenvalue weighted by atomic mass is 19.1. The summed E-state index contributed by atoms with van der Waals surface area (Å²) in [5, 5.41) is 3.15. The molecular weight excluding hydrogens is 327 g/mol. The van der Waals surface area contributed by atoms with Crippen molar-refractivity contribution >= 4 is 11.8 Å². The molecule has 0 saturated heterocycles. The third kappa shape index (κ3) is 3.52. The number of fused-ring (bicyclic) bond motifs is 1. The predicted octanol–water partition coefficient (Wildman–Crippen LogP) is 4.10. The second kappa shape index (κ2) is 7.12. The van der Waals surface area contributed by atoms with Gasteiger partial charge in [0.05, 0.1) is 0 Å². The average molecular weight is 348 g/mol. The minimum Gasteiger partial charge on any atom is -0.352 e. The van der Waals surface area contributed by atoms with Crippen molar-refractivity contribution in [2.45, 2.75) is 26.4 Å². The highest BCUT2D eigenvalue weighted by Gasteiger charge is 2.18. The van der Waals surface area contributed by atoms with Crippen LogP contribution in [0, 0.1) is 12.7 Å². The number of hydrogen-bond acceptors (Lipinski definition) is 4. The van der Waals surface area contributed by atoms with E-state index in [0.717, 1.165) is 31.0 Å². The Hall–Kier alpha value is -2.95. The van der Waals surface area contributed by atoms with Gasteiger partial charge in [-0.15, -0.1) is 0 Å². The molecule has 1 aromatic heterocycles. The van der Waals surface area contributed by atoms with Gasteiger partial charge in [-0.2, -0.15) is 4.98 Å². The number of halogens is 1. The zero-order valence-corrected chi connectivity index (χ0v) is 14.7. The highest BCUT2D eigenvalue weighted by Crippen LogP contribution is 2.24. The molecule has 132 valence electrons. The van der Waals surface area contributed by atoms with E-state index in [1.807, 2.05) is 19.1 Å². The van der Waals surface area contributed by atoms with Gasteiger partial charge in [-0.3, -0.25) is 0 Å². The minimum atomic E-state index is -0.222. The van der Waals surface area contributed by atoms with E-state index in [1.54, 1.807) is 12.1 Å². The zero-order valence-electron chi connectivity index (χ0n) is 14.7. The molecule has 0 aliphatic carbocycles. The van der Waals surface area contributed by atoms with E-state index in [1.165, 1.54) is 17.2 Å². The number of rotatable bonds is 4. The van der Waals surface area contributed by atoms with Gasteiger partial charge >= 0.3 is 0 Å². The quantitative estimate of drug-likeness (QED) is 0.771. The van der Waals surface area contributed by atoms with E-state index in [2.05, 4.69) is 44.5 Å². The van der Waals surface area contributed by atoms with E-state index in [4.69, 9.17) is 0 Å². The summed E-state index contributed by atoms with van der Waals surface area (Å²) in [7, 11) is 0. The molecule has 0 amide bonds. The Bertz CT molecular complexity index is 925. The topological polar surface area (TPSA) is 41.1 Å². The molecule has 0 radical (unpaired) electrons. The first kappa shape index (κ1) is 16.5. The number of nitrogens with one attached hydrogen (secondary N) is 1. The van der Waals surface area contributed by atoms with Crippen LogP contribution in [0.15, 0.2) is 54.6 Å². The molecule has 0 bridgehead atoms. The van der Waals surface area contributed by atoms with Crippen LogP contribution in [0.3, 0.4) is 0 Å². The standard InChI is InChI=1S/C21H21FN4/c1-15-12-20(26-11-10-16-6-2-3-8-18(16)14-26)25-21(24-15)23-13-17-7-4-5-9-19(17)22/h2-9,12H,10-11,13-14H2,1H3,(H,23,24,25). The molecule has 26 heavy (non-hydrogen) atoms. The summed E-state index contributed by atoms with van der Waals surface area (Å²) in [6.45, 7) is 4.09. The molecule has 0 unspecified atom stereocenters. The van der Waals surface area contributed by atoms with Gasteiger partial charge in [0.25, 0.3) is 0 Å². The molecule has 4 rings (SSSR count).